The van der Waals surface area contributed by atoms with Crippen LogP contribution in [-0.4, -0.2) is 15.0 Å². The molecule has 0 aliphatic rings. The highest BCUT2D eigenvalue weighted by atomic mass is 19.1. The number of benzene rings is 1. The third kappa shape index (κ3) is 1.99. The van der Waals surface area contributed by atoms with Crippen LogP contribution in [-0.2, 0) is 0 Å². The molecular weight excluding hydrogens is 269 g/mol. The van der Waals surface area contributed by atoms with Crippen LogP contribution >= 0.6 is 0 Å². The fourth-order valence-corrected chi connectivity index (χ4v) is 2.25. The van der Waals surface area contributed by atoms with Crippen molar-refractivity contribution in [2.75, 3.05) is 0 Å². The molecule has 0 saturated heterocycles. The number of H-pyrrole nitrogens is 1. The zero-order chi connectivity index (χ0) is 14.2. The Morgan fingerprint density at radius 3 is 2.81 bits per heavy atom. The lowest BCUT2D eigenvalue weighted by Gasteiger charge is -1.96. The van der Waals surface area contributed by atoms with Crippen LogP contribution in [0.1, 0.15) is 0 Å². The van der Waals surface area contributed by atoms with Crippen LogP contribution in [0.25, 0.3) is 33.9 Å². The van der Waals surface area contributed by atoms with Gasteiger partial charge in [0.15, 0.2) is 5.65 Å². The SMILES string of the molecule is Fc1ccccc1-c1nc2cc(-c3ccco3)cnc2[nH]1. The van der Waals surface area contributed by atoms with E-state index in [1.807, 2.05) is 18.2 Å². The molecule has 0 bridgehead atoms. The second-order valence-electron chi connectivity index (χ2n) is 4.63. The molecule has 0 unspecified atom stereocenters. The molecule has 0 fully saturated rings. The molecule has 0 aliphatic carbocycles. The molecule has 0 atom stereocenters. The van der Waals surface area contributed by atoms with Crippen LogP contribution in [0, 0.1) is 5.82 Å². The largest absolute Gasteiger partial charge is 0.464 e. The minimum atomic E-state index is -0.317. The van der Waals surface area contributed by atoms with Crippen molar-refractivity contribution in [2.24, 2.45) is 0 Å². The predicted molar refractivity (Wildman–Crippen MR) is 77.0 cm³/mol. The second kappa shape index (κ2) is 4.56. The molecule has 4 rings (SSSR count). The van der Waals surface area contributed by atoms with Gasteiger partial charge < -0.3 is 9.40 Å². The Morgan fingerprint density at radius 2 is 2.00 bits per heavy atom. The fraction of sp³-hybridized carbons (Fsp3) is 0. The lowest BCUT2D eigenvalue weighted by Crippen LogP contribution is -1.84. The van der Waals surface area contributed by atoms with E-state index in [1.165, 1.54) is 6.07 Å². The number of rotatable bonds is 2. The van der Waals surface area contributed by atoms with Crippen molar-refractivity contribution < 1.29 is 8.81 Å². The molecule has 102 valence electrons. The molecular formula is C16H10FN3O. The summed E-state index contributed by atoms with van der Waals surface area (Å²) in [5.74, 6) is 0.870. The summed E-state index contributed by atoms with van der Waals surface area (Å²) in [6.45, 7) is 0. The van der Waals surface area contributed by atoms with Crippen LogP contribution in [0.3, 0.4) is 0 Å². The van der Waals surface area contributed by atoms with Gasteiger partial charge in [-0.25, -0.2) is 14.4 Å². The minimum absolute atomic E-state index is 0.317. The lowest BCUT2D eigenvalue weighted by atomic mass is 10.2. The maximum atomic E-state index is 13.8. The summed E-state index contributed by atoms with van der Waals surface area (Å²) in [4.78, 5) is 11.8. The number of nitrogens with one attached hydrogen (secondary N) is 1. The molecule has 0 amide bonds. The number of nitrogens with zero attached hydrogens (tertiary/aromatic N) is 2. The minimum Gasteiger partial charge on any atom is -0.464 e. The molecule has 3 aromatic heterocycles. The number of hydrogen-bond acceptors (Lipinski definition) is 3. The Hall–Kier alpha value is -2.95. The van der Waals surface area contributed by atoms with E-state index >= 15 is 0 Å². The van der Waals surface area contributed by atoms with E-state index in [0.717, 1.165) is 11.3 Å². The maximum absolute atomic E-state index is 13.8. The number of imidazole rings is 1. The van der Waals surface area contributed by atoms with Crippen LogP contribution < -0.4 is 0 Å². The van der Waals surface area contributed by atoms with Gasteiger partial charge in [-0.15, -0.1) is 0 Å². The normalized spacial score (nSPS) is 11.1. The number of aromatic nitrogens is 3. The molecule has 4 aromatic rings. The van der Waals surface area contributed by atoms with Gasteiger partial charge in [0.2, 0.25) is 0 Å². The highest BCUT2D eigenvalue weighted by molar-refractivity contribution is 5.80. The van der Waals surface area contributed by atoms with Crippen molar-refractivity contribution >= 4 is 11.2 Å². The summed E-state index contributed by atoms with van der Waals surface area (Å²) in [7, 11) is 0. The third-order valence-electron chi connectivity index (χ3n) is 3.27. The van der Waals surface area contributed by atoms with Crippen LogP contribution in [0.15, 0.2) is 59.3 Å². The van der Waals surface area contributed by atoms with Crippen molar-refractivity contribution in [1.82, 2.24) is 15.0 Å². The van der Waals surface area contributed by atoms with Gasteiger partial charge in [-0.1, -0.05) is 12.1 Å². The van der Waals surface area contributed by atoms with Gasteiger partial charge in [0.05, 0.1) is 11.8 Å². The fourth-order valence-electron chi connectivity index (χ4n) is 2.25. The van der Waals surface area contributed by atoms with Crippen molar-refractivity contribution in [3.63, 3.8) is 0 Å². The van der Waals surface area contributed by atoms with E-state index in [9.17, 15) is 4.39 Å². The zero-order valence-electron chi connectivity index (χ0n) is 10.9. The van der Waals surface area contributed by atoms with Crippen molar-refractivity contribution in [3.8, 4) is 22.7 Å². The summed E-state index contributed by atoms with van der Waals surface area (Å²) >= 11 is 0. The topological polar surface area (TPSA) is 54.7 Å². The number of furan rings is 1. The summed E-state index contributed by atoms with van der Waals surface area (Å²) in [5.41, 5.74) is 2.54. The Morgan fingerprint density at radius 1 is 1.10 bits per heavy atom. The zero-order valence-corrected chi connectivity index (χ0v) is 10.9. The van der Waals surface area contributed by atoms with Crippen LogP contribution in [0.2, 0.25) is 0 Å². The molecule has 4 nitrogen and oxygen atoms in total. The van der Waals surface area contributed by atoms with Gasteiger partial charge in [-0.05, 0) is 30.3 Å². The number of halogens is 1. The molecule has 21 heavy (non-hydrogen) atoms. The summed E-state index contributed by atoms with van der Waals surface area (Å²) in [6, 6.07) is 12.0. The quantitative estimate of drug-likeness (QED) is 0.603. The number of hydrogen-bond donors (Lipinski definition) is 1. The van der Waals surface area contributed by atoms with E-state index in [0.29, 0.717) is 22.6 Å². The van der Waals surface area contributed by atoms with E-state index in [-0.39, 0.29) is 5.82 Å². The first-order valence-electron chi connectivity index (χ1n) is 6.46. The van der Waals surface area contributed by atoms with E-state index in [4.69, 9.17) is 4.42 Å². The van der Waals surface area contributed by atoms with Crippen molar-refractivity contribution in [1.29, 1.82) is 0 Å². The number of pyridine rings is 1. The molecule has 1 N–H and O–H groups in total. The first kappa shape index (κ1) is 11.8. The molecule has 0 aliphatic heterocycles. The maximum Gasteiger partial charge on any atom is 0.157 e. The first-order valence-corrected chi connectivity index (χ1v) is 6.46. The van der Waals surface area contributed by atoms with Crippen LogP contribution in [0.4, 0.5) is 4.39 Å². The molecule has 5 heteroatoms. The molecule has 0 spiro atoms. The van der Waals surface area contributed by atoms with Gasteiger partial charge in [-0.3, -0.25) is 0 Å². The van der Waals surface area contributed by atoms with Gasteiger partial charge in [0.1, 0.15) is 22.9 Å². The highest BCUT2D eigenvalue weighted by Gasteiger charge is 2.11. The average Bonchev–Trinajstić information content (AvgIpc) is 3.16. The Labute approximate surface area is 119 Å². The number of fused-ring (bicyclic) bond motifs is 1. The van der Waals surface area contributed by atoms with Crippen LogP contribution in [0.5, 0.6) is 0 Å². The Balaban J connectivity index is 1.85. The molecule has 0 radical (unpaired) electrons. The molecule has 3 heterocycles. The lowest BCUT2D eigenvalue weighted by molar-refractivity contribution is 0.582. The van der Waals surface area contributed by atoms with Gasteiger partial charge in [-0.2, -0.15) is 0 Å². The first-order chi connectivity index (χ1) is 10.3. The summed E-state index contributed by atoms with van der Waals surface area (Å²) < 4.78 is 19.2. The molecule has 1 aromatic carbocycles. The monoisotopic (exact) mass is 279 g/mol. The van der Waals surface area contributed by atoms with Crippen molar-refractivity contribution in [2.45, 2.75) is 0 Å². The van der Waals surface area contributed by atoms with E-state index in [2.05, 4.69) is 15.0 Å². The van der Waals surface area contributed by atoms with E-state index in [1.54, 1.807) is 30.7 Å². The molecule has 0 saturated carbocycles. The Bertz CT molecular complexity index is 912. The van der Waals surface area contributed by atoms with E-state index < -0.39 is 0 Å². The smallest absolute Gasteiger partial charge is 0.157 e. The predicted octanol–water partition coefficient (Wildman–Crippen LogP) is 4.02. The third-order valence-corrected chi connectivity index (χ3v) is 3.27. The van der Waals surface area contributed by atoms with Crippen molar-refractivity contribution in [3.05, 3.63) is 60.7 Å². The summed E-state index contributed by atoms with van der Waals surface area (Å²) in [6.07, 6.45) is 3.30. The van der Waals surface area contributed by atoms with Gasteiger partial charge in [0, 0.05) is 11.8 Å². The highest BCUT2D eigenvalue weighted by Crippen LogP contribution is 2.25. The summed E-state index contributed by atoms with van der Waals surface area (Å²) in [5, 5.41) is 0. The van der Waals surface area contributed by atoms with Gasteiger partial charge >= 0.3 is 0 Å². The van der Waals surface area contributed by atoms with Gasteiger partial charge in [0.25, 0.3) is 0 Å². The number of aromatic amines is 1. The standard InChI is InChI=1S/C16H10FN3O/c17-12-5-2-1-4-11(12)15-19-13-8-10(9-18-16(13)20-15)14-6-3-7-21-14/h1-9H,(H,18,19,20). The second-order valence-corrected chi connectivity index (χ2v) is 4.63. The Kier molecular flexibility index (Phi) is 2.57. The average molecular weight is 279 g/mol.